The first-order valence-corrected chi connectivity index (χ1v) is 11.1. The van der Waals surface area contributed by atoms with Gasteiger partial charge in [0.2, 0.25) is 11.8 Å². The fourth-order valence-corrected chi connectivity index (χ4v) is 3.87. The number of hydrogen-bond donors (Lipinski definition) is 1. The van der Waals surface area contributed by atoms with Gasteiger partial charge in [0.1, 0.15) is 6.04 Å². The molecule has 4 nitrogen and oxygen atoms in total. The molecule has 0 saturated carbocycles. The molecule has 31 heavy (non-hydrogen) atoms. The lowest BCUT2D eigenvalue weighted by Gasteiger charge is -2.29. The molecule has 0 heterocycles. The zero-order chi connectivity index (χ0) is 22.2. The monoisotopic (exact) mass is 416 g/mol. The second-order valence-corrected chi connectivity index (χ2v) is 8.30. The van der Waals surface area contributed by atoms with Crippen molar-refractivity contribution in [2.24, 2.45) is 0 Å². The Kier molecular flexibility index (Phi) is 7.82. The number of carbonyl (C=O) groups is 2. The molecule has 0 bridgehead atoms. The van der Waals surface area contributed by atoms with E-state index in [4.69, 9.17) is 0 Å². The Morgan fingerprint density at radius 1 is 0.839 bits per heavy atom. The predicted octanol–water partition coefficient (Wildman–Crippen LogP) is 4.76. The van der Waals surface area contributed by atoms with Crippen LogP contribution < -0.4 is 5.32 Å². The third kappa shape index (κ3) is 6.17. The minimum Gasteiger partial charge on any atom is -0.352 e. The first-order chi connectivity index (χ1) is 15.0. The molecule has 1 atom stereocenters. The van der Waals surface area contributed by atoms with Crippen molar-refractivity contribution in [3.05, 3.63) is 83.9 Å². The van der Waals surface area contributed by atoms with Crippen LogP contribution in [0, 0.1) is 0 Å². The standard InChI is InChI=1S/C27H32N2O2/c1-20(2)28-27(31)21(3)29(19-18-22-10-5-4-6-11-22)26(30)17-16-24-14-9-13-23-12-7-8-15-25(23)24/h4-15,20-21H,16-19H2,1-3H3,(H,28,31)/t21-/m0/s1. The van der Waals surface area contributed by atoms with Gasteiger partial charge in [0.05, 0.1) is 0 Å². The highest BCUT2D eigenvalue weighted by Crippen LogP contribution is 2.20. The molecule has 0 saturated heterocycles. The maximum absolute atomic E-state index is 13.3. The molecule has 0 unspecified atom stereocenters. The average molecular weight is 417 g/mol. The quantitative estimate of drug-likeness (QED) is 0.547. The highest BCUT2D eigenvalue weighted by atomic mass is 16.2. The summed E-state index contributed by atoms with van der Waals surface area (Å²) in [6, 6.07) is 24.1. The molecule has 0 aromatic heterocycles. The summed E-state index contributed by atoms with van der Waals surface area (Å²) in [5.41, 5.74) is 2.32. The van der Waals surface area contributed by atoms with Gasteiger partial charge in [-0.2, -0.15) is 0 Å². The minimum atomic E-state index is -0.508. The molecule has 2 amide bonds. The fourth-order valence-electron chi connectivity index (χ4n) is 3.87. The fraction of sp³-hybridized carbons (Fsp3) is 0.333. The van der Waals surface area contributed by atoms with Gasteiger partial charge in [-0.25, -0.2) is 0 Å². The minimum absolute atomic E-state index is 0.00951. The number of aryl methyl sites for hydroxylation is 1. The molecule has 3 aromatic carbocycles. The van der Waals surface area contributed by atoms with E-state index in [1.54, 1.807) is 4.90 Å². The number of benzene rings is 3. The summed E-state index contributed by atoms with van der Waals surface area (Å²) in [4.78, 5) is 27.6. The summed E-state index contributed by atoms with van der Waals surface area (Å²) in [5, 5.41) is 5.30. The van der Waals surface area contributed by atoms with Crippen LogP contribution >= 0.6 is 0 Å². The third-order valence-electron chi connectivity index (χ3n) is 5.57. The highest BCUT2D eigenvalue weighted by Gasteiger charge is 2.26. The SMILES string of the molecule is CC(C)NC(=O)[C@H](C)N(CCc1ccccc1)C(=O)CCc1cccc2ccccc12. The zero-order valence-electron chi connectivity index (χ0n) is 18.7. The summed E-state index contributed by atoms with van der Waals surface area (Å²) in [7, 11) is 0. The number of nitrogens with one attached hydrogen (secondary N) is 1. The van der Waals surface area contributed by atoms with Crippen molar-refractivity contribution in [1.29, 1.82) is 0 Å². The van der Waals surface area contributed by atoms with Gasteiger partial charge in [0, 0.05) is 19.0 Å². The van der Waals surface area contributed by atoms with Gasteiger partial charge < -0.3 is 10.2 Å². The maximum atomic E-state index is 13.3. The second-order valence-electron chi connectivity index (χ2n) is 8.30. The van der Waals surface area contributed by atoms with Crippen LogP contribution in [0.3, 0.4) is 0 Å². The van der Waals surface area contributed by atoms with Gasteiger partial charge in [-0.15, -0.1) is 0 Å². The van der Waals surface area contributed by atoms with E-state index in [0.29, 0.717) is 19.4 Å². The smallest absolute Gasteiger partial charge is 0.242 e. The van der Waals surface area contributed by atoms with Gasteiger partial charge in [-0.05, 0) is 55.5 Å². The summed E-state index contributed by atoms with van der Waals surface area (Å²) in [6.07, 6.45) is 1.75. The molecular weight excluding hydrogens is 384 g/mol. The van der Waals surface area contributed by atoms with E-state index in [-0.39, 0.29) is 17.9 Å². The Morgan fingerprint density at radius 3 is 2.26 bits per heavy atom. The van der Waals surface area contributed by atoms with Crippen molar-refractivity contribution in [2.45, 2.75) is 52.1 Å². The Hall–Kier alpha value is -3.14. The Bertz CT molecular complexity index is 1010. The molecule has 0 aliphatic heterocycles. The largest absolute Gasteiger partial charge is 0.352 e. The van der Waals surface area contributed by atoms with Crippen molar-refractivity contribution < 1.29 is 9.59 Å². The molecular formula is C27H32N2O2. The summed E-state index contributed by atoms with van der Waals surface area (Å²) >= 11 is 0. The normalized spacial score (nSPS) is 12.0. The summed E-state index contributed by atoms with van der Waals surface area (Å²) in [5.74, 6) is -0.100. The molecule has 3 aromatic rings. The van der Waals surface area contributed by atoms with Crippen LogP contribution in [0.4, 0.5) is 0 Å². The predicted molar refractivity (Wildman–Crippen MR) is 127 cm³/mol. The molecule has 0 aliphatic carbocycles. The average Bonchev–Trinajstić information content (AvgIpc) is 2.77. The van der Waals surface area contributed by atoms with Crippen LogP contribution in [-0.4, -0.2) is 35.3 Å². The Balaban J connectivity index is 1.73. The number of fused-ring (bicyclic) bond motifs is 1. The van der Waals surface area contributed by atoms with E-state index in [0.717, 1.165) is 17.5 Å². The first-order valence-electron chi connectivity index (χ1n) is 11.1. The number of hydrogen-bond acceptors (Lipinski definition) is 2. The van der Waals surface area contributed by atoms with Gasteiger partial charge in [-0.1, -0.05) is 72.8 Å². The Morgan fingerprint density at radius 2 is 1.52 bits per heavy atom. The molecule has 0 aliphatic rings. The van der Waals surface area contributed by atoms with Gasteiger partial charge in [0.15, 0.2) is 0 Å². The molecule has 0 fully saturated rings. The second kappa shape index (κ2) is 10.8. The Labute approximate surface area is 185 Å². The maximum Gasteiger partial charge on any atom is 0.242 e. The van der Waals surface area contributed by atoms with E-state index in [1.807, 2.05) is 57.2 Å². The van der Waals surface area contributed by atoms with Crippen LogP contribution in [-0.2, 0) is 22.4 Å². The lowest BCUT2D eigenvalue weighted by Crippen LogP contribution is -2.50. The van der Waals surface area contributed by atoms with E-state index >= 15 is 0 Å². The van der Waals surface area contributed by atoms with Gasteiger partial charge >= 0.3 is 0 Å². The topological polar surface area (TPSA) is 49.4 Å². The third-order valence-corrected chi connectivity index (χ3v) is 5.57. The van der Waals surface area contributed by atoms with E-state index in [1.165, 1.54) is 10.8 Å². The lowest BCUT2D eigenvalue weighted by molar-refractivity contribution is -0.140. The van der Waals surface area contributed by atoms with E-state index < -0.39 is 6.04 Å². The van der Waals surface area contributed by atoms with E-state index in [9.17, 15) is 9.59 Å². The summed E-state index contributed by atoms with van der Waals surface area (Å²) < 4.78 is 0. The number of amides is 2. The number of nitrogens with zero attached hydrogens (tertiary/aromatic N) is 1. The number of carbonyl (C=O) groups excluding carboxylic acids is 2. The molecule has 0 radical (unpaired) electrons. The van der Waals surface area contributed by atoms with Gasteiger partial charge in [0.25, 0.3) is 0 Å². The van der Waals surface area contributed by atoms with Crippen molar-refractivity contribution in [3.63, 3.8) is 0 Å². The molecule has 4 heteroatoms. The van der Waals surface area contributed by atoms with Crippen molar-refractivity contribution >= 4 is 22.6 Å². The van der Waals surface area contributed by atoms with Crippen molar-refractivity contribution in [2.75, 3.05) is 6.54 Å². The molecule has 162 valence electrons. The van der Waals surface area contributed by atoms with Crippen molar-refractivity contribution in [1.82, 2.24) is 10.2 Å². The zero-order valence-corrected chi connectivity index (χ0v) is 18.7. The number of rotatable bonds is 9. The van der Waals surface area contributed by atoms with Crippen LogP contribution in [0.25, 0.3) is 10.8 Å². The van der Waals surface area contributed by atoms with Crippen LogP contribution in [0.1, 0.15) is 38.3 Å². The summed E-state index contributed by atoms with van der Waals surface area (Å²) in [6.45, 7) is 6.20. The highest BCUT2D eigenvalue weighted by molar-refractivity contribution is 5.89. The van der Waals surface area contributed by atoms with Crippen molar-refractivity contribution in [3.8, 4) is 0 Å². The molecule has 3 rings (SSSR count). The van der Waals surface area contributed by atoms with Crippen LogP contribution in [0.15, 0.2) is 72.8 Å². The van der Waals surface area contributed by atoms with Crippen LogP contribution in [0.2, 0.25) is 0 Å². The van der Waals surface area contributed by atoms with Crippen LogP contribution in [0.5, 0.6) is 0 Å². The molecule has 0 spiro atoms. The molecule has 1 N–H and O–H groups in total. The van der Waals surface area contributed by atoms with Gasteiger partial charge in [-0.3, -0.25) is 9.59 Å². The van der Waals surface area contributed by atoms with E-state index in [2.05, 4.69) is 41.7 Å². The lowest BCUT2D eigenvalue weighted by atomic mass is 10.0. The first kappa shape index (κ1) is 22.5.